The summed E-state index contributed by atoms with van der Waals surface area (Å²) in [4.78, 5) is 131. The van der Waals surface area contributed by atoms with E-state index in [2.05, 4.69) is 14.3 Å². The van der Waals surface area contributed by atoms with E-state index in [0.29, 0.717) is 67.5 Å². The van der Waals surface area contributed by atoms with E-state index in [1.807, 2.05) is 60.7 Å². The van der Waals surface area contributed by atoms with Gasteiger partial charge in [-0.15, -0.1) is 0 Å². The highest BCUT2D eigenvalue weighted by atomic mass is 16.7. The molecule has 28 nitrogen and oxygen atoms in total. The van der Waals surface area contributed by atoms with Gasteiger partial charge in [-0.05, 0) is 226 Å². The van der Waals surface area contributed by atoms with Crippen LogP contribution in [0.25, 0.3) is 61.8 Å². The van der Waals surface area contributed by atoms with E-state index in [4.69, 9.17) is 68.2 Å². The Labute approximate surface area is 730 Å². The second kappa shape index (κ2) is 41.8. The van der Waals surface area contributed by atoms with Gasteiger partial charge in [0.1, 0.15) is 64.1 Å². The topological polar surface area (TPSA) is 358 Å². The Hall–Kier alpha value is -16.9. The van der Waals surface area contributed by atoms with Gasteiger partial charge < -0.3 is 76.2 Å². The maximum Gasteiger partial charge on any atom is 0.349 e. The van der Waals surface area contributed by atoms with Gasteiger partial charge in [-0.25, -0.2) is 48.0 Å². The van der Waals surface area contributed by atoms with Crippen molar-refractivity contribution in [3.8, 4) is 68.9 Å². The number of benzene rings is 12. The molecule has 12 aromatic rings. The van der Waals surface area contributed by atoms with Crippen LogP contribution in [0.2, 0.25) is 0 Å². The second-order valence-electron chi connectivity index (χ2n) is 27.8. The van der Waals surface area contributed by atoms with E-state index >= 15 is 0 Å². The first-order chi connectivity index (χ1) is 62.1. The predicted molar refractivity (Wildman–Crippen MR) is 463 cm³/mol. The molecule has 2 saturated heterocycles. The van der Waals surface area contributed by atoms with E-state index in [0.717, 1.165) is 21.5 Å². The standard InChI is InChI=1S/C54H38O10.C46H36N2O16/c1-59-41-27-17-39(18-28-41)53(57)61-43-23-11-35(12-24-43)15-33-49(55)63-47-31-21-37-7-3-5-9-45(37)51(47)52-46-10-6-4-8-38(46)22-32-48(52)64-50(56)34-16-36-13-25-44(26-14-36)62-54(58)40-19-29-42(60-2)30-20-40;1-48-33(19-25-5-15-34(32(18-25)22-49)61-43(52)29-11-7-27(8-12-29)41(50)57-3)46(55)64-38-24-60-39-37(23-59-40(38)39)63-45(54)31(21-47)17-26-6-16-35(36(20-26)56-2)62-44(53)30-13-9-28(10-14-30)42(51)58-4/h3-34H,1-2H3;5-20,37-40,49H,22-24H2,2-4H3/b33-15+,34-16+;31-17+,33-19-/t;37-,38+,39+,40+/m.0/s1. The highest BCUT2D eigenvalue weighted by molar-refractivity contribution is 6.11. The summed E-state index contributed by atoms with van der Waals surface area (Å²) in [6, 6.07) is 70.6. The number of aliphatic hydroxyl groups excluding tert-OH is 1. The summed E-state index contributed by atoms with van der Waals surface area (Å²) >= 11 is 0. The maximum atomic E-state index is 13.5. The molecule has 0 spiro atoms. The van der Waals surface area contributed by atoms with E-state index < -0.39 is 102 Å². The van der Waals surface area contributed by atoms with Gasteiger partial charge in [-0.2, -0.15) is 5.26 Å². The summed E-state index contributed by atoms with van der Waals surface area (Å²) in [5, 5.41) is 23.1. The van der Waals surface area contributed by atoms with E-state index in [9.17, 15) is 58.3 Å². The number of fused-ring (bicyclic) bond motifs is 3. The molecule has 2 aliphatic rings. The molecule has 0 aliphatic carbocycles. The number of carbonyl (C=O) groups excluding carboxylic acids is 10. The highest BCUT2D eigenvalue weighted by Crippen LogP contribution is 2.46. The van der Waals surface area contributed by atoms with Crippen molar-refractivity contribution in [3.05, 3.63) is 351 Å². The Kier molecular flexibility index (Phi) is 29.0. The van der Waals surface area contributed by atoms with Crippen LogP contribution in [-0.2, 0) is 54.2 Å². The van der Waals surface area contributed by atoms with Crippen LogP contribution in [0.1, 0.15) is 90.0 Å². The van der Waals surface area contributed by atoms with Crippen molar-refractivity contribution in [3.63, 3.8) is 0 Å². The minimum Gasteiger partial charge on any atom is -0.497 e. The zero-order chi connectivity index (χ0) is 90.3. The second-order valence-corrected chi connectivity index (χ2v) is 27.8. The van der Waals surface area contributed by atoms with Crippen LogP contribution in [-0.4, -0.2) is 138 Å². The minimum absolute atomic E-state index is 0.0203. The van der Waals surface area contributed by atoms with Gasteiger partial charge in [0.25, 0.3) is 5.70 Å². The Morgan fingerprint density at radius 1 is 0.398 bits per heavy atom. The summed E-state index contributed by atoms with van der Waals surface area (Å²) in [6.45, 7) is 6.76. The largest absolute Gasteiger partial charge is 0.497 e. The van der Waals surface area contributed by atoms with Crippen molar-refractivity contribution >= 4 is 106 Å². The molecule has 28 heteroatoms. The molecular formula is C100H74N2O26. The van der Waals surface area contributed by atoms with Gasteiger partial charge in [-0.1, -0.05) is 97.1 Å². The zero-order valence-corrected chi connectivity index (χ0v) is 68.7. The maximum absolute atomic E-state index is 13.5. The van der Waals surface area contributed by atoms with Crippen LogP contribution in [0.15, 0.2) is 278 Å². The zero-order valence-electron chi connectivity index (χ0n) is 68.7. The molecule has 640 valence electrons. The first-order valence-corrected chi connectivity index (χ1v) is 39.0. The summed E-state index contributed by atoms with van der Waals surface area (Å²) in [5.41, 5.74) is 3.95. The molecule has 0 saturated carbocycles. The van der Waals surface area contributed by atoms with Crippen molar-refractivity contribution in [2.75, 3.05) is 48.8 Å². The Bertz CT molecular complexity index is 6070. The van der Waals surface area contributed by atoms with E-state index in [1.54, 1.807) is 142 Å². The fourth-order valence-corrected chi connectivity index (χ4v) is 13.3. The first kappa shape index (κ1) is 88.9. The molecule has 14 rings (SSSR count). The Morgan fingerprint density at radius 2 is 0.773 bits per heavy atom. The normalized spacial score (nSPS) is 14.4. The molecular weight excluding hydrogens is 1650 g/mol. The number of hydrogen-bond acceptors (Lipinski definition) is 27. The van der Waals surface area contributed by atoms with Crippen LogP contribution < -0.4 is 42.6 Å². The smallest absolute Gasteiger partial charge is 0.349 e. The third-order valence-electron chi connectivity index (χ3n) is 19.8. The fraction of sp³-hybridized carbons (Fsp3) is 0.120. The van der Waals surface area contributed by atoms with Crippen molar-refractivity contribution in [2.24, 2.45) is 0 Å². The van der Waals surface area contributed by atoms with Crippen LogP contribution in [0.4, 0.5) is 0 Å². The average molecular weight is 1720 g/mol. The fourth-order valence-electron chi connectivity index (χ4n) is 13.3. The predicted octanol–water partition coefficient (Wildman–Crippen LogP) is 16.0. The van der Waals surface area contributed by atoms with Gasteiger partial charge in [-0.3, -0.25) is 4.79 Å². The number of nitrogens with zero attached hydrogens (tertiary/aromatic N) is 2. The van der Waals surface area contributed by atoms with Crippen LogP contribution in [0.5, 0.6) is 51.7 Å². The average Bonchev–Trinajstić information content (AvgIpc) is 0.903. The number of rotatable bonds is 27. The molecule has 128 heavy (non-hydrogen) atoms. The molecule has 2 aliphatic heterocycles. The van der Waals surface area contributed by atoms with E-state index in [1.165, 1.54) is 131 Å². The SMILES string of the molecule is COc1ccc(C(=O)Oc2ccc(/C=C/C(=O)Oc3ccc4ccccc4c3-c3c(OC(=O)/C=C/c4ccc(OC(=O)c5ccc(OC)cc5)cc4)ccc4ccccc34)cc2)cc1.[C-]#[N+]/C(=C\c1ccc(OC(=O)c2ccc(C(=O)OC)cc2)c(CO)c1)C(=O)O[C@@H]1CO[C@H]2[C@@H]1OC[C@@H]2OC(=O)/C(C#N)=C/c1ccc(OC(=O)c2ccc(C(=O)OC)cc2)c(OC)c1. The molecule has 2 heterocycles. The lowest BCUT2D eigenvalue weighted by Crippen LogP contribution is -2.36. The summed E-state index contributed by atoms with van der Waals surface area (Å²) in [6.07, 6.45) is 4.54. The Balaban J connectivity index is 0.000000219. The van der Waals surface area contributed by atoms with Crippen LogP contribution >= 0.6 is 0 Å². The van der Waals surface area contributed by atoms with Gasteiger partial charge in [0.05, 0.1) is 95.3 Å². The van der Waals surface area contributed by atoms with E-state index in [-0.39, 0.29) is 69.8 Å². The molecule has 12 aromatic carbocycles. The van der Waals surface area contributed by atoms with Crippen molar-refractivity contribution in [1.29, 1.82) is 5.26 Å². The molecule has 0 radical (unpaired) electrons. The molecule has 0 unspecified atom stereocenters. The van der Waals surface area contributed by atoms with Crippen LogP contribution in [0.3, 0.4) is 0 Å². The highest BCUT2D eigenvalue weighted by Gasteiger charge is 2.51. The van der Waals surface area contributed by atoms with Crippen molar-refractivity contribution in [1.82, 2.24) is 0 Å². The lowest BCUT2D eigenvalue weighted by molar-refractivity contribution is -0.150. The summed E-state index contributed by atoms with van der Waals surface area (Å²) in [7, 11) is 6.90. The van der Waals surface area contributed by atoms with Gasteiger partial charge in [0.15, 0.2) is 23.7 Å². The number of hydrogen-bond donors (Lipinski definition) is 1. The number of methoxy groups -OCH3 is 5. The number of aliphatic hydroxyl groups is 1. The molecule has 1 N–H and O–H groups in total. The molecule has 4 atom stereocenters. The Morgan fingerprint density at radius 3 is 1.19 bits per heavy atom. The number of ether oxygens (including phenoxy) is 15. The number of esters is 10. The molecule has 0 bridgehead atoms. The van der Waals surface area contributed by atoms with Crippen LogP contribution in [0, 0.1) is 17.9 Å². The summed E-state index contributed by atoms with van der Waals surface area (Å²) in [5.74, 6) is -4.37. The third kappa shape index (κ3) is 21.9. The molecule has 0 aromatic heterocycles. The van der Waals surface area contributed by atoms with Gasteiger partial charge in [0.2, 0.25) is 0 Å². The lowest BCUT2D eigenvalue weighted by Gasteiger charge is -2.18. The third-order valence-corrected chi connectivity index (χ3v) is 19.8. The quantitative estimate of drug-likeness (QED) is 0.0125. The molecule has 2 fully saturated rings. The monoisotopic (exact) mass is 1720 g/mol. The van der Waals surface area contributed by atoms with Gasteiger partial charge >= 0.3 is 59.7 Å². The van der Waals surface area contributed by atoms with Gasteiger partial charge in [0, 0.05) is 28.8 Å². The van der Waals surface area contributed by atoms with Crippen molar-refractivity contribution in [2.45, 2.75) is 31.0 Å². The summed E-state index contributed by atoms with van der Waals surface area (Å²) < 4.78 is 81.7. The first-order valence-electron chi connectivity index (χ1n) is 39.0. The number of carbonyl (C=O) groups is 10. The van der Waals surface area contributed by atoms with Crippen molar-refractivity contribution < 1.29 is 124 Å². The minimum atomic E-state index is -1.01. The molecule has 0 amide bonds. The lowest BCUT2D eigenvalue weighted by atomic mass is 9.92. The number of nitriles is 1.